The first-order chi connectivity index (χ1) is 8.97. The van der Waals surface area contributed by atoms with Crippen molar-refractivity contribution >= 4 is 5.69 Å². The van der Waals surface area contributed by atoms with E-state index >= 15 is 0 Å². The predicted octanol–water partition coefficient (Wildman–Crippen LogP) is 3.09. The third-order valence-corrected chi connectivity index (χ3v) is 2.70. The standard InChI is InChI=1S/C13H14F3N3/c1-19-9-7-10(18-19)6-8-17-12-5-3-2-4-11(12)13(14,15)16/h2-5,7,9,17H,6,8H2,1H3. The van der Waals surface area contributed by atoms with E-state index < -0.39 is 11.7 Å². The van der Waals surface area contributed by atoms with Gasteiger partial charge in [-0.05, 0) is 18.2 Å². The fourth-order valence-electron chi connectivity index (χ4n) is 1.81. The molecular formula is C13H14F3N3. The smallest absolute Gasteiger partial charge is 0.384 e. The highest BCUT2D eigenvalue weighted by Crippen LogP contribution is 2.34. The molecule has 0 atom stereocenters. The average Bonchev–Trinajstić information content (AvgIpc) is 2.74. The number of nitrogens with one attached hydrogen (secondary N) is 1. The fraction of sp³-hybridized carbons (Fsp3) is 0.308. The van der Waals surface area contributed by atoms with Crippen molar-refractivity contribution in [2.24, 2.45) is 7.05 Å². The Morgan fingerprint density at radius 1 is 1.21 bits per heavy atom. The first-order valence-electron chi connectivity index (χ1n) is 5.85. The van der Waals surface area contributed by atoms with E-state index in [4.69, 9.17) is 0 Å². The zero-order chi connectivity index (χ0) is 13.9. The van der Waals surface area contributed by atoms with E-state index in [-0.39, 0.29) is 5.69 Å². The minimum Gasteiger partial charge on any atom is -0.384 e. The van der Waals surface area contributed by atoms with Gasteiger partial charge in [-0.3, -0.25) is 4.68 Å². The van der Waals surface area contributed by atoms with Crippen LogP contribution in [0.2, 0.25) is 0 Å². The maximum Gasteiger partial charge on any atom is 0.418 e. The molecule has 0 bridgehead atoms. The molecule has 0 fully saturated rings. The summed E-state index contributed by atoms with van der Waals surface area (Å²) in [4.78, 5) is 0. The Bertz CT molecular complexity index is 546. The van der Waals surface area contributed by atoms with Gasteiger partial charge in [0, 0.05) is 31.9 Å². The number of hydrogen-bond acceptors (Lipinski definition) is 2. The summed E-state index contributed by atoms with van der Waals surface area (Å²) in [7, 11) is 1.80. The normalized spacial score (nSPS) is 11.6. The van der Waals surface area contributed by atoms with Gasteiger partial charge in [0.25, 0.3) is 0 Å². The van der Waals surface area contributed by atoms with Crippen LogP contribution in [0.4, 0.5) is 18.9 Å². The molecule has 2 aromatic rings. The van der Waals surface area contributed by atoms with E-state index in [1.807, 2.05) is 6.07 Å². The maximum atomic E-state index is 12.7. The molecule has 102 valence electrons. The average molecular weight is 269 g/mol. The summed E-state index contributed by atoms with van der Waals surface area (Å²) in [5, 5.41) is 6.98. The molecule has 0 aliphatic heterocycles. The van der Waals surface area contributed by atoms with Gasteiger partial charge in [0.15, 0.2) is 0 Å². The molecule has 0 saturated heterocycles. The van der Waals surface area contributed by atoms with Crippen molar-refractivity contribution < 1.29 is 13.2 Å². The maximum absolute atomic E-state index is 12.7. The van der Waals surface area contributed by atoms with Gasteiger partial charge < -0.3 is 5.32 Å². The number of hydrogen-bond donors (Lipinski definition) is 1. The molecule has 0 radical (unpaired) electrons. The lowest BCUT2D eigenvalue weighted by molar-refractivity contribution is -0.136. The van der Waals surface area contributed by atoms with Crippen LogP contribution in [0.15, 0.2) is 36.5 Å². The number of aryl methyl sites for hydroxylation is 1. The monoisotopic (exact) mass is 269 g/mol. The van der Waals surface area contributed by atoms with Crippen molar-refractivity contribution in [1.82, 2.24) is 9.78 Å². The third-order valence-electron chi connectivity index (χ3n) is 2.70. The Morgan fingerprint density at radius 2 is 1.95 bits per heavy atom. The summed E-state index contributed by atoms with van der Waals surface area (Å²) in [6.07, 6.45) is -1.96. The van der Waals surface area contributed by atoms with Gasteiger partial charge in [-0.15, -0.1) is 0 Å². The second kappa shape index (κ2) is 5.34. The molecule has 0 unspecified atom stereocenters. The largest absolute Gasteiger partial charge is 0.418 e. The molecule has 0 spiro atoms. The van der Waals surface area contributed by atoms with Crippen LogP contribution in [0.25, 0.3) is 0 Å². The Labute approximate surface area is 109 Å². The van der Waals surface area contributed by atoms with E-state index in [1.165, 1.54) is 12.1 Å². The van der Waals surface area contributed by atoms with Crippen molar-refractivity contribution in [3.63, 3.8) is 0 Å². The summed E-state index contributed by atoms with van der Waals surface area (Å²) < 4.78 is 39.9. The van der Waals surface area contributed by atoms with Crippen LogP contribution in [0.1, 0.15) is 11.3 Å². The lowest BCUT2D eigenvalue weighted by Gasteiger charge is -2.13. The van der Waals surface area contributed by atoms with Crippen LogP contribution in [0.3, 0.4) is 0 Å². The minimum absolute atomic E-state index is 0.103. The summed E-state index contributed by atoms with van der Waals surface area (Å²) in [5.74, 6) is 0. The second-order valence-electron chi connectivity index (χ2n) is 4.20. The summed E-state index contributed by atoms with van der Waals surface area (Å²) in [6.45, 7) is 0.407. The van der Waals surface area contributed by atoms with Crippen molar-refractivity contribution in [2.75, 3.05) is 11.9 Å². The molecule has 0 aliphatic carbocycles. The van der Waals surface area contributed by atoms with Gasteiger partial charge in [0.1, 0.15) is 0 Å². The molecule has 1 aromatic heterocycles. The second-order valence-corrected chi connectivity index (χ2v) is 4.20. The quantitative estimate of drug-likeness (QED) is 0.924. The van der Waals surface area contributed by atoms with Crippen molar-refractivity contribution in [1.29, 1.82) is 0 Å². The highest BCUT2D eigenvalue weighted by atomic mass is 19.4. The van der Waals surface area contributed by atoms with Gasteiger partial charge >= 0.3 is 6.18 Å². The number of halogens is 3. The summed E-state index contributed by atoms with van der Waals surface area (Å²) >= 11 is 0. The van der Waals surface area contributed by atoms with E-state index in [0.717, 1.165) is 11.8 Å². The fourth-order valence-corrected chi connectivity index (χ4v) is 1.81. The number of aromatic nitrogens is 2. The van der Waals surface area contributed by atoms with Gasteiger partial charge in [0.05, 0.1) is 11.3 Å². The number of nitrogens with zero attached hydrogens (tertiary/aromatic N) is 2. The van der Waals surface area contributed by atoms with Crippen LogP contribution in [-0.2, 0) is 19.6 Å². The van der Waals surface area contributed by atoms with Gasteiger partial charge in [-0.25, -0.2) is 0 Å². The molecule has 1 N–H and O–H groups in total. The lowest BCUT2D eigenvalue weighted by Crippen LogP contribution is -2.12. The number of rotatable bonds is 4. The SMILES string of the molecule is Cn1ccc(CCNc2ccccc2C(F)(F)F)n1. The molecule has 0 saturated carbocycles. The first kappa shape index (κ1) is 13.5. The van der Waals surface area contributed by atoms with Crippen LogP contribution in [0.5, 0.6) is 0 Å². The molecule has 2 rings (SSSR count). The molecule has 1 heterocycles. The van der Waals surface area contributed by atoms with Crippen LogP contribution in [0, 0.1) is 0 Å². The van der Waals surface area contributed by atoms with Crippen molar-refractivity contribution in [3.05, 3.63) is 47.8 Å². The van der Waals surface area contributed by atoms with Gasteiger partial charge in [0.2, 0.25) is 0 Å². The zero-order valence-electron chi connectivity index (χ0n) is 10.4. The van der Waals surface area contributed by atoms with Gasteiger partial charge in [-0.2, -0.15) is 18.3 Å². The first-order valence-corrected chi connectivity index (χ1v) is 5.85. The predicted molar refractivity (Wildman–Crippen MR) is 66.8 cm³/mol. The molecular weight excluding hydrogens is 255 g/mol. The lowest BCUT2D eigenvalue weighted by atomic mass is 10.1. The Balaban J connectivity index is 2.00. The summed E-state index contributed by atoms with van der Waals surface area (Å²) in [5.41, 5.74) is 0.307. The van der Waals surface area contributed by atoms with Gasteiger partial charge in [-0.1, -0.05) is 12.1 Å². The Morgan fingerprint density at radius 3 is 2.58 bits per heavy atom. The van der Waals surface area contributed by atoms with E-state index in [2.05, 4.69) is 10.4 Å². The summed E-state index contributed by atoms with van der Waals surface area (Å²) in [6, 6.07) is 7.31. The molecule has 0 amide bonds. The molecule has 3 nitrogen and oxygen atoms in total. The van der Waals surface area contributed by atoms with Crippen molar-refractivity contribution in [3.8, 4) is 0 Å². The number of para-hydroxylation sites is 1. The van der Waals surface area contributed by atoms with Crippen molar-refractivity contribution in [2.45, 2.75) is 12.6 Å². The highest BCUT2D eigenvalue weighted by Gasteiger charge is 2.32. The Kier molecular flexibility index (Phi) is 3.78. The topological polar surface area (TPSA) is 29.9 Å². The number of anilines is 1. The third kappa shape index (κ3) is 3.49. The van der Waals surface area contributed by atoms with Crippen LogP contribution >= 0.6 is 0 Å². The zero-order valence-corrected chi connectivity index (χ0v) is 10.4. The highest BCUT2D eigenvalue weighted by molar-refractivity contribution is 5.52. The number of alkyl halides is 3. The minimum atomic E-state index is -4.34. The molecule has 0 aliphatic rings. The van der Waals surface area contributed by atoms with E-state index in [9.17, 15) is 13.2 Å². The molecule has 19 heavy (non-hydrogen) atoms. The number of benzene rings is 1. The van der Waals surface area contributed by atoms with E-state index in [1.54, 1.807) is 24.0 Å². The molecule has 6 heteroatoms. The van der Waals surface area contributed by atoms with Crippen LogP contribution in [-0.4, -0.2) is 16.3 Å². The van der Waals surface area contributed by atoms with E-state index in [0.29, 0.717) is 13.0 Å². The Hall–Kier alpha value is -1.98. The molecule has 1 aromatic carbocycles. The van der Waals surface area contributed by atoms with Crippen LogP contribution < -0.4 is 5.32 Å².